The Morgan fingerprint density at radius 2 is 2.10 bits per heavy atom. The number of carbonyl (C=O) groups is 1. The zero-order valence-electron chi connectivity index (χ0n) is 11.7. The summed E-state index contributed by atoms with van der Waals surface area (Å²) in [5, 5.41) is 20.7. The molecule has 108 valence electrons. The second-order valence-electron chi connectivity index (χ2n) is 4.39. The summed E-state index contributed by atoms with van der Waals surface area (Å²) < 4.78 is 4.64. The van der Waals surface area contributed by atoms with E-state index in [1.807, 2.05) is 0 Å². The summed E-state index contributed by atoms with van der Waals surface area (Å²) in [6.07, 6.45) is 2.20. The number of hydrogen-bond donors (Lipinski definition) is 0. The molecule has 7 heteroatoms. The Hall–Kier alpha value is -2.75. The molecule has 0 saturated heterocycles. The van der Waals surface area contributed by atoms with Gasteiger partial charge >= 0.3 is 5.97 Å². The van der Waals surface area contributed by atoms with E-state index in [0.29, 0.717) is 24.4 Å². The molecule has 0 amide bonds. The molecule has 0 radical (unpaired) electrons. The number of nitrogens with zero attached hydrogens (tertiary/aromatic N) is 5. The lowest BCUT2D eigenvalue weighted by atomic mass is 10.1. The molecule has 0 saturated carbocycles. The maximum atomic E-state index is 11.3. The van der Waals surface area contributed by atoms with Crippen molar-refractivity contribution < 1.29 is 9.53 Å². The third kappa shape index (κ3) is 3.86. The highest BCUT2D eigenvalue weighted by molar-refractivity contribution is 5.89. The lowest BCUT2D eigenvalue weighted by Gasteiger charge is -1.99. The fourth-order valence-electron chi connectivity index (χ4n) is 1.78. The van der Waals surface area contributed by atoms with Gasteiger partial charge in [-0.2, -0.15) is 10.1 Å². The van der Waals surface area contributed by atoms with E-state index < -0.39 is 0 Å². The monoisotopic (exact) mass is 285 g/mol. The first kappa shape index (κ1) is 14.7. The summed E-state index contributed by atoms with van der Waals surface area (Å²) in [5.41, 5.74) is 1.26. The van der Waals surface area contributed by atoms with E-state index in [-0.39, 0.29) is 5.97 Å². The van der Waals surface area contributed by atoms with Crippen LogP contribution in [0.4, 0.5) is 0 Å². The average molecular weight is 285 g/mol. The van der Waals surface area contributed by atoms with Crippen LogP contribution in [0, 0.1) is 11.3 Å². The highest BCUT2D eigenvalue weighted by atomic mass is 16.5. The molecule has 2 rings (SSSR count). The van der Waals surface area contributed by atoms with Gasteiger partial charge in [-0.25, -0.2) is 4.79 Å². The largest absolute Gasteiger partial charge is 0.465 e. The van der Waals surface area contributed by atoms with Crippen LogP contribution < -0.4 is 0 Å². The molecule has 0 bridgehead atoms. The molecule has 0 aliphatic rings. The predicted octanol–water partition coefficient (Wildman–Crippen LogP) is 1.82. The third-order valence-corrected chi connectivity index (χ3v) is 2.91. The van der Waals surface area contributed by atoms with E-state index in [4.69, 9.17) is 5.26 Å². The normalized spacial score (nSPS) is 10.1. The number of tetrazole rings is 1. The van der Waals surface area contributed by atoms with Crippen LogP contribution in [0.1, 0.15) is 29.6 Å². The van der Waals surface area contributed by atoms with Gasteiger partial charge in [0.25, 0.3) is 0 Å². The van der Waals surface area contributed by atoms with Gasteiger partial charge in [0.05, 0.1) is 25.3 Å². The molecule has 1 aromatic carbocycles. The van der Waals surface area contributed by atoms with E-state index in [0.717, 1.165) is 18.4 Å². The van der Waals surface area contributed by atoms with Crippen molar-refractivity contribution in [3.8, 4) is 17.5 Å². The van der Waals surface area contributed by atoms with Crippen LogP contribution in [0.25, 0.3) is 11.4 Å². The average Bonchev–Trinajstić information content (AvgIpc) is 3.00. The van der Waals surface area contributed by atoms with Crippen molar-refractivity contribution in [1.29, 1.82) is 5.26 Å². The first-order valence-electron chi connectivity index (χ1n) is 6.58. The SMILES string of the molecule is COC(=O)c1ccc(-c2nnn(CCCCC#N)n2)cc1. The first-order valence-corrected chi connectivity index (χ1v) is 6.58. The zero-order chi connectivity index (χ0) is 15.1. The fourth-order valence-corrected chi connectivity index (χ4v) is 1.78. The van der Waals surface area contributed by atoms with Crippen molar-refractivity contribution >= 4 is 5.97 Å². The van der Waals surface area contributed by atoms with Gasteiger partial charge in [-0.05, 0) is 30.2 Å². The lowest BCUT2D eigenvalue weighted by molar-refractivity contribution is 0.0601. The minimum Gasteiger partial charge on any atom is -0.465 e. The molecule has 1 aromatic heterocycles. The Kier molecular flexibility index (Phi) is 4.99. The maximum absolute atomic E-state index is 11.3. The number of esters is 1. The number of benzene rings is 1. The fraction of sp³-hybridized carbons (Fsp3) is 0.357. The molecule has 21 heavy (non-hydrogen) atoms. The molecule has 0 spiro atoms. The number of methoxy groups -OCH3 is 1. The molecule has 1 heterocycles. The van der Waals surface area contributed by atoms with Crippen LogP contribution >= 0.6 is 0 Å². The molecule has 0 N–H and O–H groups in total. The molecule has 0 aliphatic carbocycles. The molecule has 2 aromatic rings. The van der Waals surface area contributed by atoms with Crippen LogP contribution in [-0.2, 0) is 11.3 Å². The number of nitriles is 1. The van der Waals surface area contributed by atoms with Gasteiger partial charge in [-0.1, -0.05) is 12.1 Å². The number of ether oxygens (including phenoxy) is 1. The molecule has 0 atom stereocenters. The second-order valence-corrected chi connectivity index (χ2v) is 4.39. The Bertz CT molecular complexity index is 642. The van der Waals surface area contributed by atoms with Crippen LogP contribution in [0.3, 0.4) is 0 Å². The Morgan fingerprint density at radius 1 is 1.33 bits per heavy atom. The van der Waals surface area contributed by atoms with Gasteiger partial charge in [0.15, 0.2) is 0 Å². The minimum atomic E-state index is -0.379. The van der Waals surface area contributed by atoms with Crippen molar-refractivity contribution in [3.63, 3.8) is 0 Å². The van der Waals surface area contributed by atoms with Crippen molar-refractivity contribution in [3.05, 3.63) is 29.8 Å². The highest BCUT2D eigenvalue weighted by Gasteiger charge is 2.08. The summed E-state index contributed by atoms with van der Waals surface area (Å²) >= 11 is 0. The summed E-state index contributed by atoms with van der Waals surface area (Å²) in [6, 6.07) is 8.93. The van der Waals surface area contributed by atoms with Crippen LogP contribution in [0.2, 0.25) is 0 Å². The maximum Gasteiger partial charge on any atom is 0.337 e. The van der Waals surface area contributed by atoms with Crippen molar-refractivity contribution in [2.75, 3.05) is 7.11 Å². The number of rotatable bonds is 6. The summed E-state index contributed by atoms with van der Waals surface area (Å²) in [4.78, 5) is 12.9. The number of aryl methyl sites for hydroxylation is 1. The minimum absolute atomic E-state index is 0.379. The first-order chi connectivity index (χ1) is 10.2. The summed E-state index contributed by atoms with van der Waals surface area (Å²) in [7, 11) is 1.34. The van der Waals surface area contributed by atoms with Gasteiger partial charge in [-0.15, -0.1) is 10.2 Å². The van der Waals surface area contributed by atoms with Crippen molar-refractivity contribution in [1.82, 2.24) is 20.2 Å². The van der Waals surface area contributed by atoms with E-state index in [1.165, 1.54) is 11.9 Å². The number of carbonyl (C=O) groups excluding carboxylic acids is 1. The van der Waals surface area contributed by atoms with Gasteiger partial charge in [0.2, 0.25) is 5.82 Å². The van der Waals surface area contributed by atoms with Crippen LogP contribution in [0.15, 0.2) is 24.3 Å². The quantitative estimate of drug-likeness (QED) is 0.593. The van der Waals surface area contributed by atoms with Crippen LogP contribution in [-0.4, -0.2) is 33.3 Å². The lowest BCUT2D eigenvalue weighted by Crippen LogP contribution is -2.02. The molecule has 0 unspecified atom stereocenters. The second kappa shape index (κ2) is 7.14. The van der Waals surface area contributed by atoms with E-state index in [2.05, 4.69) is 26.2 Å². The predicted molar refractivity (Wildman–Crippen MR) is 74.1 cm³/mol. The van der Waals surface area contributed by atoms with E-state index >= 15 is 0 Å². The highest BCUT2D eigenvalue weighted by Crippen LogP contribution is 2.15. The Morgan fingerprint density at radius 3 is 2.76 bits per heavy atom. The molecule has 0 fully saturated rings. The number of hydrogen-bond acceptors (Lipinski definition) is 6. The van der Waals surface area contributed by atoms with Crippen LogP contribution in [0.5, 0.6) is 0 Å². The molecule has 0 aliphatic heterocycles. The Balaban J connectivity index is 2.00. The van der Waals surface area contributed by atoms with Crippen molar-refractivity contribution in [2.24, 2.45) is 0 Å². The van der Waals surface area contributed by atoms with Gasteiger partial charge in [-0.3, -0.25) is 0 Å². The van der Waals surface area contributed by atoms with Gasteiger partial charge in [0, 0.05) is 12.0 Å². The number of unbranched alkanes of at least 4 members (excludes halogenated alkanes) is 2. The van der Waals surface area contributed by atoms with E-state index in [1.54, 1.807) is 24.3 Å². The smallest absolute Gasteiger partial charge is 0.337 e. The summed E-state index contributed by atoms with van der Waals surface area (Å²) in [5.74, 6) is 0.127. The molecule has 7 nitrogen and oxygen atoms in total. The zero-order valence-corrected chi connectivity index (χ0v) is 11.7. The standard InChI is InChI=1S/C14H15N5O2/c1-21-14(20)12-7-5-11(6-8-12)13-16-18-19(17-13)10-4-2-3-9-15/h5-8H,2-4,10H2,1H3. The number of aromatic nitrogens is 4. The molecular weight excluding hydrogens is 270 g/mol. The van der Waals surface area contributed by atoms with Gasteiger partial charge in [0.1, 0.15) is 0 Å². The van der Waals surface area contributed by atoms with Crippen molar-refractivity contribution in [2.45, 2.75) is 25.8 Å². The third-order valence-electron chi connectivity index (χ3n) is 2.91. The van der Waals surface area contributed by atoms with E-state index in [9.17, 15) is 4.79 Å². The van der Waals surface area contributed by atoms with Gasteiger partial charge < -0.3 is 4.74 Å². The Labute approximate surface area is 122 Å². The molecular formula is C14H15N5O2. The summed E-state index contributed by atoms with van der Waals surface area (Å²) in [6.45, 7) is 0.634. The topological polar surface area (TPSA) is 93.7 Å².